The van der Waals surface area contributed by atoms with E-state index in [-0.39, 0.29) is 17.4 Å². The molecule has 0 heterocycles. The van der Waals surface area contributed by atoms with Crippen molar-refractivity contribution in [3.05, 3.63) is 33.4 Å². The molecule has 15 heavy (non-hydrogen) atoms. The third kappa shape index (κ3) is 4.97. The minimum atomic E-state index is -2.95. The Kier molecular flexibility index (Phi) is 4.58. The zero-order chi connectivity index (χ0) is 11.5. The highest BCUT2D eigenvalue weighted by atomic mass is 127. The Morgan fingerprint density at radius 2 is 1.73 bits per heavy atom. The van der Waals surface area contributed by atoms with Gasteiger partial charge >= 0.3 is 0 Å². The van der Waals surface area contributed by atoms with Gasteiger partial charge in [0, 0.05) is 3.57 Å². The first-order valence-corrected chi connectivity index (χ1v) is 7.74. The van der Waals surface area contributed by atoms with Crippen molar-refractivity contribution >= 4 is 32.4 Å². The van der Waals surface area contributed by atoms with E-state index in [1.54, 1.807) is 0 Å². The van der Waals surface area contributed by atoms with Crippen LogP contribution >= 0.6 is 22.6 Å². The number of benzene rings is 1. The Bertz CT molecular complexity index is 407. The van der Waals surface area contributed by atoms with Crippen LogP contribution in [0.25, 0.3) is 0 Å². The van der Waals surface area contributed by atoms with Crippen molar-refractivity contribution in [3.8, 4) is 0 Å². The summed E-state index contributed by atoms with van der Waals surface area (Å²) in [6, 6.07) is 7.61. The number of sulfone groups is 1. The molecule has 0 radical (unpaired) electrons. The standard InChI is InChI=1S/C11H15IO2S/c1-9(2)7-15(13,14)8-10-3-5-11(12)6-4-10/h3-6,9H,7-8H2,1-2H3. The molecule has 1 rings (SSSR count). The van der Waals surface area contributed by atoms with Gasteiger partial charge in [-0.05, 0) is 46.2 Å². The summed E-state index contributed by atoms with van der Waals surface area (Å²) in [4.78, 5) is 0. The van der Waals surface area contributed by atoms with Gasteiger partial charge in [0.05, 0.1) is 11.5 Å². The van der Waals surface area contributed by atoms with E-state index in [1.807, 2.05) is 38.1 Å². The van der Waals surface area contributed by atoms with Crippen LogP contribution < -0.4 is 0 Å². The van der Waals surface area contributed by atoms with Crippen molar-refractivity contribution in [2.24, 2.45) is 5.92 Å². The zero-order valence-corrected chi connectivity index (χ0v) is 11.9. The van der Waals surface area contributed by atoms with Crippen molar-refractivity contribution in [3.63, 3.8) is 0 Å². The van der Waals surface area contributed by atoms with Gasteiger partial charge in [0.2, 0.25) is 0 Å². The molecule has 84 valence electrons. The summed E-state index contributed by atoms with van der Waals surface area (Å²) in [5.41, 5.74) is 0.871. The molecular formula is C11H15IO2S. The second-order valence-electron chi connectivity index (χ2n) is 4.07. The van der Waals surface area contributed by atoms with E-state index < -0.39 is 9.84 Å². The van der Waals surface area contributed by atoms with Crippen LogP contribution in [-0.2, 0) is 15.6 Å². The van der Waals surface area contributed by atoms with Crippen LogP contribution in [0.1, 0.15) is 19.4 Å². The molecule has 0 fully saturated rings. The molecule has 4 heteroatoms. The fourth-order valence-electron chi connectivity index (χ4n) is 1.40. The van der Waals surface area contributed by atoms with Gasteiger partial charge in [-0.25, -0.2) is 8.42 Å². The average Bonchev–Trinajstić information content (AvgIpc) is 2.06. The molecular weight excluding hydrogens is 323 g/mol. The molecule has 0 atom stereocenters. The Morgan fingerprint density at radius 1 is 1.20 bits per heavy atom. The Hall–Kier alpha value is -0.100. The molecule has 0 amide bonds. The van der Waals surface area contributed by atoms with Crippen LogP contribution in [0.5, 0.6) is 0 Å². The summed E-state index contributed by atoms with van der Waals surface area (Å²) >= 11 is 2.20. The van der Waals surface area contributed by atoms with Gasteiger partial charge < -0.3 is 0 Å². The Balaban J connectivity index is 2.73. The summed E-state index contributed by atoms with van der Waals surface area (Å²) < 4.78 is 24.5. The summed E-state index contributed by atoms with van der Waals surface area (Å²) in [6.07, 6.45) is 0. The molecule has 0 aromatic heterocycles. The Labute approximate surface area is 105 Å². The summed E-state index contributed by atoms with van der Waals surface area (Å²) in [7, 11) is -2.95. The van der Waals surface area contributed by atoms with E-state index in [0.29, 0.717) is 0 Å². The monoisotopic (exact) mass is 338 g/mol. The van der Waals surface area contributed by atoms with Crippen LogP contribution in [0.15, 0.2) is 24.3 Å². The normalized spacial score (nSPS) is 12.0. The quantitative estimate of drug-likeness (QED) is 0.791. The molecule has 1 aromatic carbocycles. The zero-order valence-electron chi connectivity index (χ0n) is 8.90. The topological polar surface area (TPSA) is 34.1 Å². The highest BCUT2D eigenvalue weighted by Crippen LogP contribution is 2.12. The number of rotatable bonds is 4. The van der Waals surface area contributed by atoms with E-state index in [4.69, 9.17) is 0 Å². The first-order valence-electron chi connectivity index (χ1n) is 4.84. The second kappa shape index (κ2) is 5.30. The van der Waals surface area contributed by atoms with Crippen LogP contribution in [0.2, 0.25) is 0 Å². The highest BCUT2D eigenvalue weighted by Gasteiger charge is 2.13. The SMILES string of the molecule is CC(C)CS(=O)(=O)Cc1ccc(I)cc1. The third-order valence-corrected chi connectivity index (χ3v) is 4.55. The lowest BCUT2D eigenvalue weighted by molar-refractivity contribution is 0.581. The van der Waals surface area contributed by atoms with E-state index in [1.165, 1.54) is 0 Å². The molecule has 0 saturated carbocycles. The van der Waals surface area contributed by atoms with Crippen molar-refractivity contribution < 1.29 is 8.42 Å². The third-order valence-electron chi connectivity index (χ3n) is 1.89. The molecule has 1 aromatic rings. The van der Waals surface area contributed by atoms with Crippen molar-refractivity contribution in [2.45, 2.75) is 19.6 Å². The number of halogens is 1. The maximum Gasteiger partial charge on any atom is 0.154 e. The van der Waals surface area contributed by atoms with Gasteiger partial charge in [-0.2, -0.15) is 0 Å². The smallest absolute Gasteiger partial charge is 0.154 e. The van der Waals surface area contributed by atoms with Crippen LogP contribution in [0, 0.1) is 9.49 Å². The fraction of sp³-hybridized carbons (Fsp3) is 0.455. The lowest BCUT2D eigenvalue weighted by Crippen LogP contribution is -2.13. The van der Waals surface area contributed by atoms with Crippen molar-refractivity contribution in [1.82, 2.24) is 0 Å². The number of hydrogen-bond acceptors (Lipinski definition) is 2. The molecule has 2 nitrogen and oxygen atoms in total. The van der Waals surface area contributed by atoms with Crippen molar-refractivity contribution in [1.29, 1.82) is 0 Å². The van der Waals surface area contributed by atoms with Gasteiger partial charge in [0.1, 0.15) is 0 Å². The maximum absolute atomic E-state index is 11.7. The maximum atomic E-state index is 11.7. The van der Waals surface area contributed by atoms with Crippen LogP contribution in [-0.4, -0.2) is 14.2 Å². The Morgan fingerprint density at radius 3 is 2.20 bits per heavy atom. The van der Waals surface area contributed by atoms with E-state index in [0.717, 1.165) is 9.13 Å². The molecule has 0 aliphatic heterocycles. The molecule has 0 unspecified atom stereocenters. The van der Waals surface area contributed by atoms with Crippen molar-refractivity contribution in [2.75, 3.05) is 5.75 Å². The van der Waals surface area contributed by atoms with E-state index >= 15 is 0 Å². The molecule has 0 bridgehead atoms. The minimum absolute atomic E-state index is 0.155. The van der Waals surface area contributed by atoms with Gasteiger partial charge in [-0.1, -0.05) is 26.0 Å². The first kappa shape index (κ1) is 13.0. The molecule has 0 N–H and O–H groups in total. The van der Waals surface area contributed by atoms with E-state index in [9.17, 15) is 8.42 Å². The summed E-state index contributed by atoms with van der Waals surface area (Å²) in [6.45, 7) is 3.84. The largest absolute Gasteiger partial charge is 0.228 e. The molecule has 0 aliphatic rings. The minimum Gasteiger partial charge on any atom is -0.228 e. The number of hydrogen-bond donors (Lipinski definition) is 0. The van der Waals surface area contributed by atoms with E-state index in [2.05, 4.69) is 22.6 Å². The lowest BCUT2D eigenvalue weighted by atomic mass is 10.2. The van der Waals surface area contributed by atoms with Gasteiger partial charge in [-0.15, -0.1) is 0 Å². The molecule has 0 spiro atoms. The van der Waals surface area contributed by atoms with Gasteiger partial charge in [0.25, 0.3) is 0 Å². The van der Waals surface area contributed by atoms with Gasteiger partial charge in [-0.3, -0.25) is 0 Å². The van der Waals surface area contributed by atoms with Crippen LogP contribution in [0.4, 0.5) is 0 Å². The first-order chi connectivity index (χ1) is 6.89. The summed E-state index contributed by atoms with van der Waals surface area (Å²) in [5, 5.41) is 0. The molecule has 0 saturated heterocycles. The van der Waals surface area contributed by atoms with Crippen LogP contribution in [0.3, 0.4) is 0 Å². The predicted octanol–water partition coefficient (Wildman–Crippen LogP) is 2.86. The lowest BCUT2D eigenvalue weighted by Gasteiger charge is -2.06. The summed E-state index contributed by atoms with van der Waals surface area (Å²) in [5.74, 6) is 0.611. The molecule has 0 aliphatic carbocycles. The fourth-order valence-corrected chi connectivity index (χ4v) is 3.59. The highest BCUT2D eigenvalue weighted by molar-refractivity contribution is 14.1. The van der Waals surface area contributed by atoms with Gasteiger partial charge in [0.15, 0.2) is 9.84 Å². The second-order valence-corrected chi connectivity index (χ2v) is 7.43. The predicted molar refractivity (Wildman–Crippen MR) is 71.5 cm³/mol. The average molecular weight is 338 g/mol.